The van der Waals surface area contributed by atoms with Crippen molar-refractivity contribution in [1.82, 2.24) is 9.97 Å². The molecule has 4 heteroatoms. The molecule has 0 bridgehead atoms. The summed E-state index contributed by atoms with van der Waals surface area (Å²) in [7, 11) is 0. The van der Waals surface area contributed by atoms with Crippen LogP contribution in [0.2, 0.25) is 0 Å². The number of nitrogens with zero attached hydrogens (tertiary/aromatic N) is 2. The van der Waals surface area contributed by atoms with Crippen molar-refractivity contribution in [1.29, 1.82) is 0 Å². The van der Waals surface area contributed by atoms with Crippen molar-refractivity contribution in [2.24, 2.45) is 5.92 Å². The van der Waals surface area contributed by atoms with Crippen LogP contribution in [0.15, 0.2) is 29.0 Å². The molecule has 88 valence electrons. The van der Waals surface area contributed by atoms with Gasteiger partial charge in [0.1, 0.15) is 5.52 Å². The molecule has 3 nitrogen and oxygen atoms in total. The third-order valence-corrected chi connectivity index (χ3v) is 3.69. The Morgan fingerprint density at radius 2 is 2.24 bits per heavy atom. The highest BCUT2D eigenvalue weighted by Gasteiger charge is 2.28. The molecule has 1 aliphatic rings. The largest absolute Gasteiger partial charge is 0.380 e. The Hall–Kier alpha value is -1.16. The molecule has 1 N–H and O–H groups in total. The number of anilines is 1. The Labute approximate surface area is 109 Å². The summed E-state index contributed by atoms with van der Waals surface area (Å²) in [5, 5.41) is 3.55. The van der Waals surface area contributed by atoms with Crippen molar-refractivity contribution in [2.75, 3.05) is 5.32 Å². The molecule has 3 rings (SSSR count). The highest BCUT2D eigenvalue weighted by Crippen LogP contribution is 2.34. The van der Waals surface area contributed by atoms with E-state index in [2.05, 4.69) is 38.1 Å². The molecule has 0 aliphatic heterocycles. The van der Waals surface area contributed by atoms with Crippen LogP contribution in [0.3, 0.4) is 0 Å². The van der Waals surface area contributed by atoms with Crippen LogP contribution in [0.1, 0.15) is 19.8 Å². The van der Waals surface area contributed by atoms with Gasteiger partial charge in [0.25, 0.3) is 0 Å². The Bertz CT molecular complexity index is 551. The van der Waals surface area contributed by atoms with E-state index in [1.165, 1.54) is 12.8 Å². The fraction of sp³-hybridized carbons (Fsp3) is 0.385. The van der Waals surface area contributed by atoms with Crippen LogP contribution < -0.4 is 5.32 Å². The van der Waals surface area contributed by atoms with Gasteiger partial charge in [0.2, 0.25) is 0 Å². The lowest BCUT2D eigenvalue weighted by Crippen LogP contribution is -2.17. The maximum absolute atomic E-state index is 4.44. The van der Waals surface area contributed by atoms with Gasteiger partial charge in [-0.05, 0) is 53.7 Å². The average molecular weight is 292 g/mol. The molecule has 0 radical (unpaired) electrons. The minimum Gasteiger partial charge on any atom is -0.380 e. The van der Waals surface area contributed by atoms with Crippen LogP contribution in [0, 0.1) is 5.92 Å². The van der Waals surface area contributed by atoms with E-state index >= 15 is 0 Å². The van der Waals surface area contributed by atoms with Crippen LogP contribution in [0.4, 0.5) is 5.69 Å². The predicted molar refractivity (Wildman–Crippen MR) is 73.0 cm³/mol. The Morgan fingerprint density at radius 3 is 3.00 bits per heavy atom. The summed E-state index contributed by atoms with van der Waals surface area (Å²) in [6.07, 6.45) is 6.34. The number of rotatable bonds is 3. The Kier molecular flexibility index (Phi) is 2.74. The van der Waals surface area contributed by atoms with E-state index in [9.17, 15) is 0 Å². The normalized spacial score (nSPS) is 17.1. The van der Waals surface area contributed by atoms with Crippen molar-refractivity contribution >= 4 is 32.7 Å². The highest BCUT2D eigenvalue weighted by atomic mass is 79.9. The zero-order valence-corrected chi connectivity index (χ0v) is 11.2. The third kappa shape index (κ3) is 2.27. The predicted octanol–water partition coefficient (Wildman–Crippen LogP) is 3.60. The van der Waals surface area contributed by atoms with Gasteiger partial charge < -0.3 is 5.32 Å². The molecule has 2 aromatic heterocycles. The van der Waals surface area contributed by atoms with E-state index in [-0.39, 0.29) is 0 Å². The monoisotopic (exact) mass is 291 g/mol. The zero-order valence-electron chi connectivity index (χ0n) is 9.65. The number of halogens is 1. The van der Waals surface area contributed by atoms with Crippen molar-refractivity contribution in [3.8, 4) is 0 Å². The summed E-state index contributed by atoms with van der Waals surface area (Å²) >= 11 is 3.42. The average Bonchev–Trinajstić information content (AvgIpc) is 3.12. The van der Waals surface area contributed by atoms with E-state index in [0.29, 0.717) is 6.04 Å². The molecular weight excluding hydrogens is 278 g/mol. The Balaban J connectivity index is 1.97. The standard InChI is InChI=1S/C13H14BrN3/c1-8(9-2-3-9)17-11-4-5-15-12-6-10(14)7-16-13(11)12/h4-9H,2-3H2,1H3,(H,15,17). The topological polar surface area (TPSA) is 37.8 Å². The van der Waals surface area contributed by atoms with Crippen molar-refractivity contribution in [3.05, 3.63) is 29.0 Å². The molecule has 0 spiro atoms. The maximum Gasteiger partial charge on any atom is 0.112 e. The first kappa shape index (κ1) is 11.0. The van der Waals surface area contributed by atoms with Crippen LogP contribution in [0.25, 0.3) is 11.0 Å². The molecule has 2 aromatic rings. The summed E-state index contributed by atoms with van der Waals surface area (Å²) in [6, 6.07) is 4.52. The molecule has 1 aliphatic carbocycles. The molecule has 0 amide bonds. The van der Waals surface area contributed by atoms with Gasteiger partial charge in [-0.2, -0.15) is 0 Å². The molecular formula is C13H14BrN3. The lowest BCUT2D eigenvalue weighted by molar-refractivity contribution is 0.695. The van der Waals surface area contributed by atoms with Crippen molar-refractivity contribution < 1.29 is 0 Å². The second-order valence-corrected chi connectivity index (χ2v) is 5.57. The lowest BCUT2D eigenvalue weighted by Gasteiger charge is -2.15. The summed E-state index contributed by atoms with van der Waals surface area (Å²) in [5.41, 5.74) is 2.96. The number of fused-ring (bicyclic) bond motifs is 1. The molecule has 1 fully saturated rings. The van der Waals surface area contributed by atoms with Crippen LogP contribution in [-0.2, 0) is 0 Å². The van der Waals surface area contributed by atoms with Gasteiger partial charge in [0.15, 0.2) is 0 Å². The lowest BCUT2D eigenvalue weighted by atomic mass is 10.2. The second-order valence-electron chi connectivity index (χ2n) is 4.65. The highest BCUT2D eigenvalue weighted by molar-refractivity contribution is 9.10. The molecule has 1 saturated carbocycles. The van der Waals surface area contributed by atoms with Gasteiger partial charge in [-0.1, -0.05) is 0 Å². The minimum absolute atomic E-state index is 0.519. The van der Waals surface area contributed by atoms with Crippen LogP contribution in [-0.4, -0.2) is 16.0 Å². The molecule has 0 aromatic carbocycles. The fourth-order valence-electron chi connectivity index (χ4n) is 2.08. The molecule has 1 atom stereocenters. The van der Waals surface area contributed by atoms with Crippen molar-refractivity contribution in [2.45, 2.75) is 25.8 Å². The van der Waals surface area contributed by atoms with E-state index in [1.807, 2.05) is 24.5 Å². The Morgan fingerprint density at radius 1 is 1.41 bits per heavy atom. The van der Waals surface area contributed by atoms with E-state index < -0.39 is 0 Å². The first-order valence-corrected chi connectivity index (χ1v) is 6.70. The van der Waals surface area contributed by atoms with Crippen LogP contribution in [0.5, 0.6) is 0 Å². The number of hydrogen-bond acceptors (Lipinski definition) is 3. The van der Waals surface area contributed by atoms with Gasteiger partial charge in [-0.25, -0.2) is 0 Å². The first-order valence-electron chi connectivity index (χ1n) is 5.91. The molecule has 2 heterocycles. The fourth-order valence-corrected chi connectivity index (χ4v) is 2.40. The van der Waals surface area contributed by atoms with Crippen LogP contribution >= 0.6 is 15.9 Å². The molecule has 1 unspecified atom stereocenters. The summed E-state index contributed by atoms with van der Waals surface area (Å²) in [6.45, 7) is 2.24. The quantitative estimate of drug-likeness (QED) is 0.939. The van der Waals surface area contributed by atoms with E-state index in [4.69, 9.17) is 0 Å². The van der Waals surface area contributed by atoms with E-state index in [1.54, 1.807) is 0 Å². The second kappa shape index (κ2) is 4.26. The number of aromatic nitrogens is 2. The van der Waals surface area contributed by atoms with E-state index in [0.717, 1.165) is 27.1 Å². The molecule has 17 heavy (non-hydrogen) atoms. The van der Waals surface area contributed by atoms with Gasteiger partial charge >= 0.3 is 0 Å². The number of hydrogen-bond donors (Lipinski definition) is 1. The van der Waals surface area contributed by atoms with Gasteiger partial charge in [0, 0.05) is 22.9 Å². The maximum atomic E-state index is 4.44. The third-order valence-electron chi connectivity index (χ3n) is 3.26. The minimum atomic E-state index is 0.519. The first-order chi connectivity index (χ1) is 8.24. The molecule has 0 saturated heterocycles. The van der Waals surface area contributed by atoms with Gasteiger partial charge in [-0.15, -0.1) is 0 Å². The summed E-state index contributed by atoms with van der Waals surface area (Å²) < 4.78 is 0.963. The number of pyridine rings is 2. The summed E-state index contributed by atoms with van der Waals surface area (Å²) in [4.78, 5) is 8.78. The van der Waals surface area contributed by atoms with Gasteiger partial charge in [-0.3, -0.25) is 9.97 Å². The zero-order chi connectivity index (χ0) is 11.8. The van der Waals surface area contributed by atoms with Crippen molar-refractivity contribution in [3.63, 3.8) is 0 Å². The summed E-state index contributed by atoms with van der Waals surface area (Å²) in [5.74, 6) is 0.827. The number of nitrogens with one attached hydrogen (secondary N) is 1. The SMILES string of the molecule is CC(Nc1ccnc2cc(Br)cnc12)C1CC1. The van der Waals surface area contributed by atoms with Gasteiger partial charge in [0.05, 0.1) is 11.2 Å². The smallest absolute Gasteiger partial charge is 0.112 e.